The maximum atomic E-state index is 12.6. The third-order valence-corrected chi connectivity index (χ3v) is 3.66. The molecular formula is C16H16N2O2. The Kier molecular flexibility index (Phi) is 3.48. The Bertz CT molecular complexity index is 634. The highest BCUT2D eigenvalue weighted by Crippen LogP contribution is 2.28. The van der Waals surface area contributed by atoms with Crippen LogP contribution in [0.25, 0.3) is 11.1 Å². The summed E-state index contributed by atoms with van der Waals surface area (Å²) in [5.74, 6) is 0.308. The molecule has 2 aromatic rings. The second-order valence-corrected chi connectivity index (χ2v) is 5.03. The summed E-state index contributed by atoms with van der Waals surface area (Å²) in [6, 6.07) is 9.14. The number of nitrogens with zero attached hydrogens (tertiary/aromatic N) is 1. The van der Waals surface area contributed by atoms with Gasteiger partial charge in [0.2, 0.25) is 0 Å². The van der Waals surface area contributed by atoms with E-state index in [1.54, 1.807) is 12.3 Å². The molecule has 1 aliphatic rings. The van der Waals surface area contributed by atoms with E-state index in [4.69, 9.17) is 0 Å². The second-order valence-electron chi connectivity index (χ2n) is 5.03. The Morgan fingerprint density at radius 2 is 2.15 bits per heavy atom. The van der Waals surface area contributed by atoms with Gasteiger partial charge in [-0.15, -0.1) is 0 Å². The van der Waals surface area contributed by atoms with Crippen LogP contribution in [0.15, 0.2) is 42.7 Å². The molecule has 0 spiro atoms. The molecule has 1 aromatic carbocycles. The monoisotopic (exact) mass is 268 g/mol. The van der Waals surface area contributed by atoms with Crippen molar-refractivity contribution in [1.29, 1.82) is 0 Å². The van der Waals surface area contributed by atoms with Crippen molar-refractivity contribution in [3.8, 4) is 16.9 Å². The number of aromatic hydroxyl groups is 1. The first-order chi connectivity index (χ1) is 9.75. The predicted molar refractivity (Wildman–Crippen MR) is 76.6 cm³/mol. The van der Waals surface area contributed by atoms with Gasteiger partial charge in [-0.1, -0.05) is 24.3 Å². The number of carbonyl (C=O) groups excluding carboxylic acids is 1. The number of carbonyl (C=O) groups is 1. The highest BCUT2D eigenvalue weighted by molar-refractivity contribution is 6.04. The zero-order valence-corrected chi connectivity index (χ0v) is 11.0. The molecular weight excluding hydrogens is 252 g/mol. The molecule has 0 amide bonds. The molecule has 1 fully saturated rings. The third kappa shape index (κ3) is 2.42. The van der Waals surface area contributed by atoms with Crippen LogP contribution in [-0.2, 0) is 0 Å². The van der Waals surface area contributed by atoms with Crippen LogP contribution in [0.4, 0.5) is 0 Å². The van der Waals surface area contributed by atoms with Gasteiger partial charge in [-0.3, -0.25) is 9.78 Å². The van der Waals surface area contributed by atoms with E-state index in [0.717, 1.165) is 30.6 Å². The Balaban J connectivity index is 2.02. The lowest BCUT2D eigenvalue weighted by molar-refractivity contribution is 0.0931. The van der Waals surface area contributed by atoms with Crippen molar-refractivity contribution in [2.45, 2.75) is 6.42 Å². The fourth-order valence-electron chi connectivity index (χ4n) is 2.62. The van der Waals surface area contributed by atoms with Crippen molar-refractivity contribution in [3.63, 3.8) is 0 Å². The molecule has 1 saturated heterocycles. The molecule has 102 valence electrons. The summed E-state index contributed by atoms with van der Waals surface area (Å²) in [4.78, 5) is 16.6. The van der Waals surface area contributed by atoms with Crippen LogP contribution >= 0.6 is 0 Å². The van der Waals surface area contributed by atoms with E-state index in [9.17, 15) is 9.90 Å². The smallest absolute Gasteiger partial charge is 0.167 e. The van der Waals surface area contributed by atoms with E-state index in [1.807, 2.05) is 24.3 Å². The number of rotatable bonds is 3. The van der Waals surface area contributed by atoms with E-state index >= 15 is 0 Å². The average Bonchev–Trinajstić information content (AvgIpc) is 3.01. The Morgan fingerprint density at radius 3 is 2.90 bits per heavy atom. The van der Waals surface area contributed by atoms with E-state index in [-0.39, 0.29) is 17.5 Å². The largest absolute Gasteiger partial charge is 0.506 e. The van der Waals surface area contributed by atoms with Crippen molar-refractivity contribution in [2.75, 3.05) is 13.1 Å². The summed E-state index contributed by atoms with van der Waals surface area (Å²) in [5.41, 5.74) is 2.29. The fourth-order valence-corrected chi connectivity index (χ4v) is 2.62. The van der Waals surface area contributed by atoms with Crippen molar-refractivity contribution in [1.82, 2.24) is 10.3 Å². The van der Waals surface area contributed by atoms with Gasteiger partial charge < -0.3 is 10.4 Å². The molecule has 2 heterocycles. The van der Waals surface area contributed by atoms with Gasteiger partial charge in [-0.2, -0.15) is 0 Å². The molecule has 1 aliphatic heterocycles. The van der Waals surface area contributed by atoms with Crippen molar-refractivity contribution in [3.05, 3.63) is 48.3 Å². The normalized spacial score (nSPS) is 18.1. The quantitative estimate of drug-likeness (QED) is 0.838. The second kappa shape index (κ2) is 5.43. The number of Topliss-reactive ketones (excluding diaryl/α,β-unsaturated/α-hetero) is 1. The first kappa shape index (κ1) is 12.8. The van der Waals surface area contributed by atoms with Crippen LogP contribution in [-0.4, -0.2) is 29.0 Å². The van der Waals surface area contributed by atoms with E-state index in [2.05, 4.69) is 10.3 Å². The van der Waals surface area contributed by atoms with E-state index in [1.165, 1.54) is 6.20 Å². The summed E-state index contributed by atoms with van der Waals surface area (Å²) in [6.45, 7) is 1.64. The number of nitrogens with one attached hydrogen (secondary N) is 1. The van der Waals surface area contributed by atoms with Gasteiger partial charge in [0, 0.05) is 29.8 Å². The molecule has 1 unspecified atom stereocenters. The molecule has 1 atom stereocenters. The van der Waals surface area contributed by atoms with Gasteiger partial charge in [-0.05, 0) is 24.6 Å². The maximum Gasteiger partial charge on any atom is 0.167 e. The number of ketones is 1. The van der Waals surface area contributed by atoms with Crippen LogP contribution in [0, 0.1) is 5.92 Å². The molecule has 20 heavy (non-hydrogen) atoms. The number of aromatic nitrogens is 1. The van der Waals surface area contributed by atoms with Gasteiger partial charge in [0.05, 0.1) is 6.20 Å². The summed E-state index contributed by atoms with van der Waals surface area (Å²) < 4.78 is 0. The first-order valence-electron chi connectivity index (χ1n) is 6.74. The fraction of sp³-hybridized carbons (Fsp3) is 0.250. The van der Waals surface area contributed by atoms with Gasteiger partial charge in [0.25, 0.3) is 0 Å². The number of hydrogen-bond donors (Lipinski definition) is 2. The molecule has 4 heteroatoms. The summed E-state index contributed by atoms with van der Waals surface area (Å²) in [5, 5.41) is 12.8. The van der Waals surface area contributed by atoms with Crippen LogP contribution in [0.5, 0.6) is 5.75 Å². The van der Waals surface area contributed by atoms with Crippen molar-refractivity contribution < 1.29 is 9.90 Å². The zero-order chi connectivity index (χ0) is 13.9. The molecule has 0 radical (unpaired) electrons. The SMILES string of the molecule is O=C(c1ccccc1-c1cncc(O)c1)C1CCNC1. The minimum absolute atomic E-state index is 0.0430. The van der Waals surface area contributed by atoms with Gasteiger partial charge in [0.15, 0.2) is 5.78 Å². The van der Waals surface area contributed by atoms with E-state index < -0.39 is 0 Å². The Hall–Kier alpha value is -2.20. The summed E-state index contributed by atoms with van der Waals surface area (Å²) in [7, 11) is 0. The Labute approximate surface area is 117 Å². The Morgan fingerprint density at radius 1 is 1.30 bits per heavy atom. The van der Waals surface area contributed by atoms with Crippen LogP contribution in [0.3, 0.4) is 0 Å². The minimum atomic E-state index is 0.0430. The zero-order valence-electron chi connectivity index (χ0n) is 11.0. The highest BCUT2D eigenvalue weighted by atomic mass is 16.3. The lowest BCUT2D eigenvalue weighted by atomic mass is 9.91. The van der Waals surface area contributed by atoms with Gasteiger partial charge in [-0.25, -0.2) is 0 Å². The van der Waals surface area contributed by atoms with Crippen LogP contribution in [0.2, 0.25) is 0 Å². The van der Waals surface area contributed by atoms with Crippen LogP contribution in [0.1, 0.15) is 16.8 Å². The summed E-state index contributed by atoms with van der Waals surface area (Å²) in [6.07, 6.45) is 3.93. The van der Waals surface area contributed by atoms with Gasteiger partial charge >= 0.3 is 0 Å². The first-order valence-corrected chi connectivity index (χ1v) is 6.74. The highest BCUT2D eigenvalue weighted by Gasteiger charge is 2.25. The molecule has 1 aromatic heterocycles. The van der Waals surface area contributed by atoms with E-state index in [0.29, 0.717) is 5.56 Å². The molecule has 0 bridgehead atoms. The lowest BCUT2D eigenvalue weighted by Gasteiger charge is -2.12. The molecule has 3 rings (SSSR count). The summed E-state index contributed by atoms with van der Waals surface area (Å²) >= 11 is 0. The van der Waals surface area contributed by atoms with Crippen LogP contribution < -0.4 is 5.32 Å². The van der Waals surface area contributed by atoms with Crippen molar-refractivity contribution in [2.24, 2.45) is 5.92 Å². The molecule has 0 saturated carbocycles. The van der Waals surface area contributed by atoms with Gasteiger partial charge in [0.1, 0.15) is 5.75 Å². The minimum Gasteiger partial charge on any atom is -0.506 e. The number of benzene rings is 1. The molecule has 4 nitrogen and oxygen atoms in total. The lowest BCUT2D eigenvalue weighted by Crippen LogP contribution is -2.18. The topological polar surface area (TPSA) is 62.2 Å². The predicted octanol–water partition coefficient (Wildman–Crippen LogP) is 2.25. The standard InChI is InChI=1S/C16H16N2O2/c19-13-7-12(9-18-10-13)14-3-1-2-4-15(14)16(20)11-5-6-17-8-11/h1-4,7,9-11,17,19H,5-6,8H2. The van der Waals surface area contributed by atoms with Crippen molar-refractivity contribution >= 4 is 5.78 Å². The molecule has 2 N–H and O–H groups in total. The third-order valence-electron chi connectivity index (χ3n) is 3.66. The number of hydrogen-bond acceptors (Lipinski definition) is 4. The average molecular weight is 268 g/mol. The molecule has 0 aliphatic carbocycles. The maximum absolute atomic E-state index is 12.6. The number of pyridine rings is 1.